The van der Waals surface area contributed by atoms with Gasteiger partial charge in [0, 0.05) is 22.5 Å². The number of rotatable bonds is 6. The van der Waals surface area contributed by atoms with Crippen LogP contribution in [-0.2, 0) is 11.2 Å². The van der Waals surface area contributed by atoms with E-state index < -0.39 is 0 Å². The quantitative estimate of drug-likeness (QED) is 0.232. The van der Waals surface area contributed by atoms with Crippen LogP contribution in [0.4, 0.5) is 0 Å². The number of aromatic nitrogens is 1. The highest BCUT2D eigenvalue weighted by Gasteiger charge is 2.18. The number of hydrogen-bond acceptors (Lipinski definition) is 3. The Bertz CT molecular complexity index is 1250. The van der Waals surface area contributed by atoms with Crippen molar-refractivity contribution in [2.75, 3.05) is 0 Å². The second kappa shape index (κ2) is 17.1. The topological polar surface area (TPSA) is 73.3 Å². The van der Waals surface area contributed by atoms with Crippen molar-refractivity contribution in [1.29, 1.82) is 0 Å². The zero-order valence-corrected chi connectivity index (χ0v) is 25.4. The van der Waals surface area contributed by atoms with E-state index >= 15 is 0 Å². The number of ketones is 1. The van der Waals surface area contributed by atoms with Crippen molar-refractivity contribution >= 4 is 16.7 Å². The van der Waals surface area contributed by atoms with E-state index in [-0.39, 0.29) is 5.78 Å². The average molecular weight is 532 g/mol. The van der Waals surface area contributed by atoms with Crippen LogP contribution in [0.25, 0.3) is 10.9 Å². The van der Waals surface area contributed by atoms with Gasteiger partial charge < -0.3 is 20.0 Å². The number of fused-ring (bicyclic) bond motifs is 1. The smallest absolute Gasteiger partial charge is 0.126 e. The monoisotopic (exact) mass is 531 g/mol. The van der Waals surface area contributed by atoms with Gasteiger partial charge in [0.15, 0.2) is 0 Å². The number of phenols is 2. The standard InChI is InChI=1S/C20H23NO.C10H14O.C3H6O.C2H6/c1-4-5-17-18-12-16(22)10-11-19(18)21-20(17)14(3)15-8-6-13(2)7-9-15;1-3-8(2)9-4-6-10(11)7-5-9;1-3(2)4;1-2/h6-12,14,21-22H,4-5H2,1-3H3;4-8,11H,3H2,1-2H3;1-2H3;1-2H3. The summed E-state index contributed by atoms with van der Waals surface area (Å²) < 4.78 is 0. The molecule has 2 atom stereocenters. The van der Waals surface area contributed by atoms with Gasteiger partial charge in [0.05, 0.1) is 0 Å². The summed E-state index contributed by atoms with van der Waals surface area (Å²) in [5.74, 6) is 1.75. The van der Waals surface area contributed by atoms with Crippen molar-refractivity contribution in [3.8, 4) is 11.5 Å². The number of hydrogen-bond donors (Lipinski definition) is 3. The largest absolute Gasteiger partial charge is 0.508 e. The first-order chi connectivity index (χ1) is 18.6. The first-order valence-electron chi connectivity index (χ1n) is 14.2. The molecule has 4 rings (SSSR count). The molecule has 0 saturated heterocycles. The molecule has 3 N–H and O–H groups in total. The van der Waals surface area contributed by atoms with Gasteiger partial charge in [-0.05, 0) is 86.6 Å². The van der Waals surface area contributed by atoms with Crippen molar-refractivity contribution in [3.63, 3.8) is 0 Å². The van der Waals surface area contributed by atoms with Crippen molar-refractivity contribution in [3.05, 3.63) is 94.7 Å². The average Bonchev–Trinajstić information content (AvgIpc) is 3.27. The zero-order valence-electron chi connectivity index (χ0n) is 25.4. The summed E-state index contributed by atoms with van der Waals surface area (Å²) in [5, 5.41) is 20.0. The normalized spacial score (nSPS) is 11.6. The molecule has 2 unspecified atom stereocenters. The fourth-order valence-corrected chi connectivity index (χ4v) is 4.21. The number of aromatic hydroxyl groups is 2. The molecule has 0 bridgehead atoms. The van der Waals surface area contributed by atoms with E-state index in [1.807, 2.05) is 38.1 Å². The number of phenolic OH excluding ortho intramolecular Hbond substituents is 2. The van der Waals surface area contributed by atoms with Gasteiger partial charge in [-0.2, -0.15) is 0 Å². The predicted molar refractivity (Wildman–Crippen MR) is 167 cm³/mol. The summed E-state index contributed by atoms with van der Waals surface area (Å²) in [6.07, 6.45) is 3.26. The van der Waals surface area contributed by atoms with E-state index in [1.54, 1.807) is 18.2 Å². The van der Waals surface area contributed by atoms with E-state index in [4.69, 9.17) is 5.11 Å². The van der Waals surface area contributed by atoms with Gasteiger partial charge in [0.25, 0.3) is 0 Å². The second-order valence-electron chi connectivity index (χ2n) is 9.94. The molecule has 3 aromatic carbocycles. The second-order valence-corrected chi connectivity index (χ2v) is 9.94. The van der Waals surface area contributed by atoms with Gasteiger partial charge in [-0.25, -0.2) is 0 Å². The van der Waals surface area contributed by atoms with Crippen LogP contribution in [0.5, 0.6) is 11.5 Å². The molecule has 0 fully saturated rings. The summed E-state index contributed by atoms with van der Waals surface area (Å²) in [5.41, 5.74) is 7.61. The molecule has 0 aliphatic rings. The Morgan fingerprint density at radius 1 is 0.821 bits per heavy atom. The number of carbonyl (C=O) groups excluding carboxylic acids is 1. The molecule has 4 nitrogen and oxygen atoms in total. The molecule has 0 saturated carbocycles. The van der Waals surface area contributed by atoms with E-state index in [0.29, 0.717) is 23.3 Å². The van der Waals surface area contributed by atoms with Gasteiger partial charge in [0.1, 0.15) is 17.3 Å². The lowest BCUT2D eigenvalue weighted by Gasteiger charge is -2.13. The molecule has 39 heavy (non-hydrogen) atoms. The molecule has 1 aromatic heterocycles. The highest BCUT2D eigenvalue weighted by molar-refractivity contribution is 5.86. The van der Waals surface area contributed by atoms with Crippen LogP contribution in [0, 0.1) is 6.92 Å². The summed E-state index contributed by atoms with van der Waals surface area (Å²) in [6.45, 7) is 18.0. The molecule has 4 heteroatoms. The maximum atomic E-state index is 9.80. The number of H-pyrrole nitrogens is 1. The van der Waals surface area contributed by atoms with Crippen LogP contribution in [0.1, 0.15) is 108 Å². The number of Topliss-reactive ketones (excluding diaryl/α,β-unsaturated/α-hetero) is 1. The van der Waals surface area contributed by atoms with Crippen molar-refractivity contribution in [2.45, 2.75) is 93.4 Å². The van der Waals surface area contributed by atoms with Crippen LogP contribution in [0.15, 0.2) is 66.7 Å². The van der Waals surface area contributed by atoms with Crippen LogP contribution < -0.4 is 0 Å². The van der Waals surface area contributed by atoms with Crippen molar-refractivity contribution < 1.29 is 15.0 Å². The van der Waals surface area contributed by atoms with Gasteiger partial charge >= 0.3 is 0 Å². The van der Waals surface area contributed by atoms with E-state index in [2.05, 4.69) is 63.9 Å². The highest BCUT2D eigenvalue weighted by atomic mass is 16.3. The molecule has 4 aromatic rings. The summed E-state index contributed by atoms with van der Waals surface area (Å²) in [7, 11) is 0. The Morgan fingerprint density at radius 3 is 1.85 bits per heavy atom. The molecule has 1 heterocycles. The Hall–Kier alpha value is -3.53. The zero-order chi connectivity index (χ0) is 29.5. The van der Waals surface area contributed by atoms with Gasteiger partial charge in [-0.1, -0.05) is 89.9 Å². The van der Waals surface area contributed by atoms with Crippen molar-refractivity contribution in [2.24, 2.45) is 0 Å². The fourth-order valence-electron chi connectivity index (χ4n) is 4.21. The summed E-state index contributed by atoms with van der Waals surface area (Å²) in [4.78, 5) is 13.0. The van der Waals surface area contributed by atoms with E-state index in [9.17, 15) is 9.90 Å². The Morgan fingerprint density at radius 2 is 1.33 bits per heavy atom. The van der Waals surface area contributed by atoms with Gasteiger partial charge in [-0.3, -0.25) is 0 Å². The lowest BCUT2D eigenvalue weighted by atomic mass is 9.92. The SMILES string of the molecule is CC.CC(C)=O.CCC(C)c1ccc(O)cc1.CCCc1c(C(C)c2ccc(C)cc2)[nH]c2ccc(O)cc12. The van der Waals surface area contributed by atoms with E-state index in [1.165, 1.54) is 41.8 Å². The van der Waals surface area contributed by atoms with Crippen LogP contribution in [-0.4, -0.2) is 21.0 Å². The maximum absolute atomic E-state index is 9.80. The molecular formula is C35H49NO3. The van der Waals surface area contributed by atoms with Crippen LogP contribution in [0.2, 0.25) is 0 Å². The maximum Gasteiger partial charge on any atom is 0.126 e. The van der Waals surface area contributed by atoms with Gasteiger partial charge in [-0.15, -0.1) is 0 Å². The first-order valence-corrected chi connectivity index (χ1v) is 14.2. The summed E-state index contributed by atoms with van der Waals surface area (Å²) in [6, 6.07) is 21.8. The van der Waals surface area contributed by atoms with Crippen LogP contribution in [0.3, 0.4) is 0 Å². The number of benzene rings is 3. The lowest BCUT2D eigenvalue weighted by Crippen LogP contribution is -2.00. The Labute approximate surface area is 236 Å². The molecular weight excluding hydrogens is 482 g/mol. The minimum atomic E-state index is 0.167. The molecule has 0 amide bonds. The third-order valence-electron chi connectivity index (χ3n) is 6.51. The lowest BCUT2D eigenvalue weighted by molar-refractivity contribution is -0.115. The third-order valence-corrected chi connectivity index (χ3v) is 6.51. The number of aromatic amines is 1. The minimum absolute atomic E-state index is 0.167. The first kappa shape index (κ1) is 33.5. The minimum Gasteiger partial charge on any atom is -0.508 e. The fraction of sp³-hybridized carbons (Fsp3) is 0.400. The van der Waals surface area contributed by atoms with E-state index in [0.717, 1.165) is 30.2 Å². The Balaban J connectivity index is 0.000000374. The molecule has 0 aliphatic heterocycles. The van der Waals surface area contributed by atoms with Crippen molar-refractivity contribution in [1.82, 2.24) is 4.98 Å². The molecule has 0 radical (unpaired) electrons. The third kappa shape index (κ3) is 10.6. The number of nitrogens with one attached hydrogen (secondary N) is 1. The number of aryl methyl sites for hydroxylation is 2. The molecule has 0 spiro atoms. The van der Waals surface area contributed by atoms with Crippen LogP contribution >= 0.6 is 0 Å². The van der Waals surface area contributed by atoms with Gasteiger partial charge in [0.2, 0.25) is 0 Å². The summed E-state index contributed by atoms with van der Waals surface area (Å²) >= 11 is 0. The Kier molecular flexibility index (Phi) is 14.7. The number of carbonyl (C=O) groups is 1. The predicted octanol–water partition coefficient (Wildman–Crippen LogP) is 9.81. The molecule has 212 valence electrons. The highest BCUT2D eigenvalue weighted by Crippen LogP contribution is 2.34. The molecule has 0 aliphatic carbocycles.